The fourth-order valence-corrected chi connectivity index (χ4v) is 7.21. The maximum Gasteiger partial charge on any atom is 0.327 e. The van der Waals surface area contributed by atoms with Crippen LogP contribution < -0.4 is 0 Å². The Labute approximate surface area is 218 Å². The van der Waals surface area contributed by atoms with Crippen LogP contribution in [0.1, 0.15) is 65.7 Å². The van der Waals surface area contributed by atoms with Gasteiger partial charge < -0.3 is 14.3 Å². The first-order valence-electron chi connectivity index (χ1n) is 12.8. The number of hydrogen-bond donors (Lipinski definition) is 1. The Balaban J connectivity index is 2.64. The first-order chi connectivity index (χ1) is 16.8. The van der Waals surface area contributed by atoms with Crippen molar-refractivity contribution >= 4 is 24.1 Å². The van der Waals surface area contributed by atoms with Crippen LogP contribution in [-0.4, -0.2) is 52.4 Å². The molecule has 6 nitrogen and oxygen atoms in total. The van der Waals surface area contributed by atoms with Crippen molar-refractivity contribution in [3.05, 3.63) is 54.1 Å². The Bertz CT molecular complexity index is 1020. The lowest BCUT2D eigenvalue weighted by molar-refractivity contribution is -0.144. The third-order valence-electron chi connectivity index (χ3n) is 7.48. The van der Waals surface area contributed by atoms with E-state index in [1.807, 2.05) is 6.08 Å². The highest BCUT2D eigenvalue weighted by Crippen LogP contribution is 2.40. The predicted octanol–water partition coefficient (Wildman–Crippen LogP) is 5.98. The van der Waals surface area contributed by atoms with E-state index in [2.05, 4.69) is 39.9 Å². The third kappa shape index (κ3) is 7.40. The number of ether oxygens (including phenoxy) is 1. The molecule has 1 aliphatic rings. The van der Waals surface area contributed by atoms with Crippen molar-refractivity contribution in [2.75, 3.05) is 13.7 Å². The van der Waals surface area contributed by atoms with Crippen molar-refractivity contribution in [2.45, 2.75) is 99.6 Å². The molecule has 1 N–H and O–H groups in total. The molecule has 0 amide bonds. The minimum Gasteiger partial charge on any atom is -0.468 e. The predicted molar refractivity (Wildman–Crippen MR) is 147 cm³/mol. The van der Waals surface area contributed by atoms with Gasteiger partial charge in [0.1, 0.15) is 0 Å². The third-order valence-corrected chi connectivity index (χ3v) is 14.4. The zero-order valence-electron chi connectivity index (χ0n) is 22.7. The van der Waals surface area contributed by atoms with Crippen LogP contribution in [0.4, 0.5) is 0 Å². The molecule has 0 radical (unpaired) electrons. The van der Waals surface area contributed by atoms with Crippen molar-refractivity contribution in [3.8, 4) is 0 Å². The molecule has 2 unspecified atom stereocenters. The number of benzene rings is 1. The lowest BCUT2D eigenvalue weighted by Crippen LogP contribution is -2.48. The van der Waals surface area contributed by atoms with E-state index in [1.54, 1.807) is 24.3 Å². The minimum absolute atomic E-state index is 0.0449. The number of esters is 1. The van der Waals surface area contributed by atoms with Gasteiger partial charge in [-0.25, -0.2) is 8.42 Å². The van der Waals surface area contributed by atoms with Gasteiger partial charge in [-0.05, 0) is 74.4 Å². The maximum absolute atomic E-state index is 14.1. The average molecular weight is 537 g/mol. The van der Waals surface area contributed by atoms with Crippen LogP contribution in [0.2, 0.25) is 18.1 Å². The summed E-state index contributed by atoms with van der Waals surface area (Å²) in [5, 5.41) is 10.8. The highest BCUT2D eigenvalue weighted by Gasteiger charge is 2.52. The fraction of sp³-hybridized carbons (Fsp3) is 0.607. The monoisotopic (exact) mass is 536 g/mol. The first kappa shape index (κ1) is 30.5. The van der Waals surface area contributed by atoms with Gasteiger partial charge in [0.05, 0.1) is 24.7 Å². The molecule has 0 aromatic heterocycles. The molecule has 0 fully saturated rings. The summed E-state index contributed by atoms with van der Waals surface area (Å²) < 4.78 is 38.1. The Hall–Kier alpha value is -1.74. The number of rotatable bonds is 6. The summed E-state index contributed by atoms with van der Waals surface area (Å²) in [5.74, 6) is -0.780. The van der Waals surface area contributed by atoms with Gasteiger partial charge in [-0.15, -0.1) is 0 Å². The van der Waals surface area contributed by atoms with E-state index in [-0.39, 0.29) is 29.4 Å². The van der Waals surface area contributed by atoms with E-state index in [4.69, 9.17) is 9.16 Å². The van der Waals surface area contributed by atoms with Gasteiger partial charge >= 0.3 is 5.97 Å². The van der Waals surface area contributed by atoms with Crippen molar-refractivity contribution in [2.24, 2.45) is 0 Å². The number of aliphatic hydroxyl groups excluding tert-OH is 1. The summed E-state index contributed by atoms with van der Waals surface area (Å²) >= 11 is 0. The Kier molecular flexibility index (Phi) is 10.7. The zero-order chi connectivity index (χ0) is 27.0. The molecule has 2 atom stereocenters. The van der Waals surface area contributed by atoms with Crippen LogP contribution in [0.5, 0.6) is 0 Å². The van der Waals surface area contributed by atoms with Crippen LogP contribution in [-0.2, 0) is 23.8 Å². The van der Waals surface area contributed by atoms with Gasteiger partial charge in [0.25, 0.3) is 0 Å². The summed E-state index contributed by atoms with van der Waals surface area (Å²) in [5.41, 5.74) is 0.615. The molecule has 0 bridgehead atoms. The fourth-order valence-electron chi connectivity index (χ4n) is 4.17. The lowest BCUT2D eigenvalue weighted by Gasteiger charge is -2.37. The quantitative estimate of drug-likeness (QED) is 0.273. The van der Waals surface area contributed by atoms with Gasteiger partial charge in [0, 0.05) is 6.42 Å². The molecular weight excluding hydrogens is 492 g/mol. The van der Waals surface area contributed by atoms with Crippen molar-refractivity contribution in [3.63, 3.8) is 0 Å². The largest absolute Gasteiger partial charge is 0.468 e. The number of aliphatic hydroxyl groups is 1. The number of sulfone groups is 1. The second-order valence-electron chi connectivity index (χ2n) is 11.2. The number of carbonyl (C=O) groups is 1. The number of allylic oxidation sites excluding steroid dienone is 2. The Morgan fingerprint density at radius 2 is 1.72 bits per heavy atom. The van der Waals surface area contributed by atoms with Crippen LogP contribution in [0.25, 0.3) is 0 Å². The van der Waals surface area contributed by atoms with Crippen molar-refractivity contribution in [1.82, 2.24) is 0 Å². The Morgan fingerprint density at radius 3 is 2.31 bits per heavy atom. The molecule has 1 aromatic rings. The van der Waals surface area contributed by atoms with E-state index < -0.39 is 35.0 Å². The highest BCUT2D eigenvalue weighted by atomic mass is 32.2. The smallest absolute Gasteiger partial charge is 0.327 e. The molecular formula is C28H44O6SSi. The highest BCUT2D eigenvalue weighted by molar-refractivity contribution is 7.93. The van der Waals surface area contributed by atoms with E-state index in [0.717, 1.165) is 12.8 Å². The normalized spacial score (nSPS) is 25.4. The molecule has 8 heteroatoms. The van der Waals surface area contributed by atoms with Gasteiger partial charge in [-0.2, -0.15) is 0 Å². The molecule has 0 aliphatic heterocycles. The van der Waals surface area contributed by atoms with Crippen molar-refractivity contribution < 1.29 is 27.5 Å². The van der Waals surface area contributed by atoms with Crippen molar-refractivity contribution in [1.29, 1.82) is 0 Å². The van der Waals surface area contributed by atoms with Crippen LogP contribution in [0, 0.1) is 0 Å². The molecule has 0 saturated carbocycles. The SMILES string of the molecule is COC(=O)C1(S(=O)(=O)c2ccccc2)CCC/C=C/CCCC(O)/C=C(/CO[Si](C)(C)C(C)(C)C)C1. The molecule has 0 heterocycles. The number of hydrogen-bond acceptors (Lipinski definition) is 6. The van der Waals surface area contributed by atoms with Gasteiger partial charge in [0.15, 0.2) is 22.9 Å². The number of methoxy groups -OCH3 is 1. The summed E-state index contributed by atoms with van der Waals surface area (Å²) in [4.78, 5) is 13.5. The van der Waals surface area contributed by atoms with Gasteiger partial charge in [-0.1, -0.05) is 57.2 Å². The van der Waals surface area contributed by atoms with E-state index in [1.165, 1.54) is 19.2 Å². The molecule has 2 rings (SSSR count). The molecule has 36 heavy (non-hydrogen) atoms. The molecule has 0 saturated heterocycles. The second kappa shape index (κ2) is 12.7. The average Bonchev–Trinajstić information content (AvgIpc) is 2.83. The lowest BCUT2D eigenvalue weighted by atomic mass is 9.92. The zero-order valence-corrected chi connectivity index (χ0v) is 24.6. The number of carbonyl (C=O) groups excluding carboxylic acids is 1. The van der Waals surface area contributed by atoms with E-state index in [0.29, 0.717) is 24.8 Å². The standard InChI is InChI=1S/C28H44O6SSi/c1-27(2,3)36(5,6)34-22-23-20-24(29)16-12-9-7-8-10-15-19-28(21-23,26(30)33-4)35(31,32)25-17-13-11-14-18-25/h7-8,11,13-14,17-18,20,24,29H,9-10,12,15-16,19,21-22H2,1-6H3/b8-7+,23-20+. The molecule has 0 spiro atoms. The molecule has 1 aliphatic carbocycles. The Morgan fingerprint density at radius 1 is 1.11 bits per heavy atom. The first-order valence-corrected chi connectivity index (χ1v) is 17.2. The van der Waals surface area contributed by atoms with Crippen LogP contribution in [0.15, 0.2) is 59.0 Å². The summed E-state index contributed by atoms with van der Waals surface area (Å²) in [7, 11) is -5.08. The van der Waals surface area contributed by atoms with E-state index >= 15 is 0 Å². The molecule has 1 aromatic carbocycles. The minimum atomic E-state index is -4.13. The topological polar surface area (TPSA) is 89.9 Å². The van der Waals surface area contributed by atoms with Gasteiger partial charge in [0.2, 0.25) is 0 Å². The molecule has 202 valence electrons. The van der Waals surface area contributed by atoms with Crippen LogP contribution >= 0.6 is 0 Å². The second-order valence-corrected chi connectivity index (χ2v) is 18.3. The maximum atomic E-state index is 14.1. The van der Waals surface area contributed by atoms with Gasteiger partial charge in [-0.3, -0.25) is 4.79 Å². The van der Waals surface area contributed by atoms with E-state index in [9.17, 15) is 18.3 Å². The summed E-state index contributed by atoms with van der Waals surface area (Å²) in [6.07, 6.45) is 8.41. The summed E-state index contributed by atoms with van der Waals surface area (Å²) in [6, 6.07) is 8.09. The van der Waals surface area contributed by atoms with Crippen LogP contribution in [0.3, 0.4) is 0 Å². The summed E-state index contributed by atoms with van der Waals surface area (Å²) in [6.45, 7) is 10.8.